The van der Waals surface area contributed by atoms with Crippen molar-refractivity contribution in [3.05, 3.63) is 29.3 Å². The van der Waals surface area contributed by atoms with Gasteiger partial charge in [0.05, 0.1) is 5.71 Å². The van der Waals surface area contributed by atoms with Gasteiger partial charge in [0.25, 0.3) is 0 Å². The Morgan fingerprint density at radius 1 is 1.56 bits per heavy atom. The van der Waals surface area contributed by atoms with E-state index in [1.54, 1.807) is 0 Å². The lowest BCUT2D eigenvalue weighted by atomic mass is 10.0. The Hall–Kier alpha value is -1.07. The molecule has 0 saturated carbocycles. The van der Waals surface area contributed by atoms with Crippen LogP contribution in [-0.2, 0) is 0 Å². The van der Waals surface area contributed by atoms with E-state index in [1.165, 1.54) is 16.0 Å². The Morgan fingerprint density at radius 3 is 3.12 bits per heavy atom. The highest BCUT2D eigenvalue weighted by molar-refractivity contribution is 7.99. The largest absolute Gasteiger partial charge is 0.375 e. The van der Waals surface area contributed by atoms with Crippen LogP contribution in [0.1, 0.15) is 17.5 Å². The summed E-state index contributed by atoms with van der Waals surface area (Å²) in [6, 6.07) is 6.26. The van der Waals surface area contributed by atoms with Gasteiger partial charge in [-0.05, 0) is 24.7 Å². The van der Waals surface area contributed by atoms with Crippen LogP contribution in [0, 0.1) is 6.92 Å². The fraction of sp³-hybridized carbons (Fsp3) is 0.273. The summed E-state index contributed by atoms with van der Waals surface area (Å²) >= 11 is 6.62. The minimum Gasteiger partial charge on any atom is -0.375 e. The van der Waals surface area contributed by atoms with Crippen molar-refractivity contribution in [1.29, 1.82) is 0 Å². The molecule has 0 radical (unpaired) electrons. The molecule has 5 heteroatoms. The zero-order valence-electron chi connectivity index (χ0n) is 8.99. The highest BCUT2D eigenvalue weighted by atomic mass is 32.2. The van der Waals surface area contributed by atoms with E-state index in [0.29, 0.717) is 0 Å². The molecule has 0 aromatic heterocycles. The summed E-state index contributed by atoms with van der Waals surface area (Å²) in [5.41, 5.74) is 11.6. The van der Waals surface area contributed by atoms with Gasteiger partial charge in [-0.2, -0.15) is 5.10 Å². The second kappa shape index (κ2) is 4.84. The highest BCUT2D eigenvalue weighted by Gasteiger charge is 2.17. The van der Waals surface area contributed by atoms with Crippen LogP contribution in [0.4, 0.5) is 0 Å². The van der Waals surface area contributed by atoms with Crippen LogP contribution in [0.2, 0.25) is 0 Å². The molecule has 0 fully saturated rings. The van der Waals surface area contributed by atoms with Gasteiger partial charge in [-0.15, -0.1) is 11.8 Å². The van der Waals surface area contributed by atoms with Crippen molar-refractivity contribution >= 4 is 34.8 Å². The number of benzene rings is 1. The van der Waals surface area contributed by atoms with Crippen molar-refractivity contribution in [2.24, 2.45) is 10.8 Å². The minimum absolute atomic E-state index is 0.208. The Labute approximate surface area is 104 Å². The number of thioether (sulfide) groups is 1. The fourth-order valence-electron chi connectivity index (χ4n) is 1.69. The van der Waals surface area contributed by atoms with Crippen molar-refractivity contribution in [3.63, 3.8) is 0 Å². The summed E-state index contributed by atoms with van der Waals surface area (Å²) in [6.07, 6.45) is 0.941. The summed E-state index contributed by atoms with van der Waals surface area (Å²) in [5.74, 6) is 1.05. The molecule has 1 aromatic carbocycles. The highest BCUT2D eigenvalue weighted by Crippen LogP contribution is 2.32. The zero-order chi connectivity index (χ0) is 11.5. The van der Waals surface area contributed by atoms with Gasteiger partial charge in [0, 0.05) is 22.6 Å². The van der Waals surface area contributed by atoms with Crippen LogP contribution < -0.4 is 11.2 Å². The number of hydrogen-bond acceptors (Lipinski definition) is 3. The van der Waals surface area contributed by atoms with Gasteiger partial charge in [-0.1, -0.05) is 18.2 Å². The number of nitrogens with one attached hydrogen (secondary N) is 1. The normalized spacial score (nSPS) is 16.9. The van der Waals surface area contributed by atoms with Gasteiger partial charge in [0.2, 0.25) is 0 Å². The summed E-state index contributed by atoms with van der Waals surface area (Å²) in [4.78, 5) is 1.32. The molecule has 3 nitrogen and oxygen atoms in total. The second-order valence-electron chi connectivity index (χ2n) is 3.58. The second-order valence-corrected chi connectivity index (χ2v) is 5.13. The topological polar surface area (TPSA) is 50.4 Å². The average Bonchev–Trinajstić information content (AvgIpc) is 2.27. The maximum Gasteiger partial charge on any atom is 0.184 e. The Bertz CT molecular complexity index is 455. The van der Waals surface area contributed by atoms with Crippen LogP contribution in [0.3, 0.4) is 0 Å². The molecule has 0 spiro atoms. The van der Waals surface area contributed by atoms with Crippen LogP contribution in [0.25, 0.3) is 0 Å². The fourth-order valence-corrected chi connectivity index (χ4v) is 2.88. The molecule has 0 aliphatic carbocycles. The van der Waals surface area contributed by atoms with Gasteiger partial charge in [-0.3, -0.25) is 5.43 Å². The van der Waals surface area contributed by atoms with E-state index in [4.69, 9.17) is 18.0 Å². The molecule has 0 unspecified atom stereocenters. The summed E-state index contributed by atoms with van der Waals surface area (Å²) in [5, 5.41) is 4.46. The zero-order valence-corrected chi connectivity index (χ0v) is 10.6. The Balaban J connectivity index is 2.37. The number of thiocarbonyl (C=S) groups is 1. The first-order chi connectivity index (χ1) is 7.68. The molecular formula is C11H13N3S2. The van der Waals surface area contributed by atoms with E-state index >= 15 is 0 Å². The molecule has 0 bridgehead atoms. The van der Waals surface area contributed by atoms with Crippen molar-refractivity contribution in [1.82, 2.24) is 5.43 Å². The first-order valence-corrected chi connectivity index (χ1v) is 6.42. The molecule has 0 atom stereocenters. The van der Waals surface area contributed by atoms with Crippen LogP contribution in [0.5, 0.6) is 0 Å². The van der Waals surface area contributed by atoms with Gasteiger partial charge in [0.1, 0.15) is 0 Å². The smallest absolute Gasteiger partial charge is 0.184 e. The molecule has 16 heavy (non-hydrogen) atoms. The molecule has 1 aliphatic heterocycles. The number of aryl methyl sites for hydroxylation is 1. The Kier molecular flexibility index (Phi) is 3.46. The molecule has 0 amide bonds. The van der Waals surface area contributed by atoms with Crippen LogP contribution in [0.15, 0.2) is 28.2 Å². The van der Waals surface area contributed by atoms with Crippen LogP contribution >= 0.6 is 24.0 Å². The lowest BCUT2D eigenvalue weighted by molar-refractivity contribution is 1.01. The van der Waals surface area contributed by atoms with E-state index in [-0.39, 0.29) is 5.11 Å². The van der Waals surface area contributed by atoms with Crippen molar-refractivity contribution in [3.8, 4) is 0 Å². The summed E-state index contributed by atoms with van der Waals surface area (Å²) < 4.78 is 0. The summed E-state index contributed by atoms with van der Waals surface area (Å²) in [6.45, 7) is 2.12. The maximum atomic E-state index is 5.37. The third-order valence-electron chi connectivity index (χ3n) is 2.41. The van der Waals surface area contributed by atoms with E-state index in [0.717, 1.165) is 17.9 Å². The van der Waals surface area contributed by atoms with E-state index < -0.39 is 0 Å². The lowest BCUT2D eigenvalue weighted by Gasteiger charge is -2.19. The van der Waals surface area contributed by atoms with Gasteiger partial charge < -0.3 is 5.73 Å². The van der Waals surface area contributed by atoms with Gasteiger partial charge >= 0.3 is 0 Å². The monoisotopic (exact) mass is 251 g/mol. The predicted octanol–water partition coefficient (Wildman–Crippen LogP) is 2.03. The van der Waals surface area contributed by atoms with Gasteiger partial charge in [-0.25, -0.2) is 0 Å². The third-order valence-corrected chi connectivity index (χ3v) is 3.74. The molecular weight excluding hydrogens is 238 g/mol. The van der Waals surface area contributed by atoms with Gasteiger partial charge in [0.15, 0.2) is 5.11 Å². The third kappa shape index (κ3) is 2.36. The number of fused-ring (bicyclic) bond motifs is 1. The number of nitrogens with two attached hydrogens (primary N) is 1. The predicted molar refractivity (Wildman–Crippen MR) is 73.0 cm³/mol. The van der Waals surface area contributed by atoms with E-state index in [9.17, 15) is 0 Å². The molecule has 1 aliphatic rings. The van der Waals surface area contributed by atoms with E-state index in [1.807, 2.05) is 11.8 Å². The summed E-state index contributed by atoms with van der Waals surface area (Å²) in [7, 11) is 0. The van der Waals surface area contributed by atoms with Crippen molar-refractivity contribution in [2.45, 2.75) is 18.2 Å². The Morgan fingerprint density at radius 2 is 2.38 bits per heavy atom. The molecule has 1 aromatic rings. The van der Waals surface area contributed by atoms with Crippen LogP contribution in [-0.4, -0.2) is 16.6 Å². The quantitative estimate of drug-likeness (QED) is 0.592. The number of hydrogen-bond donors (Lipinski definition) is 2. The first kappa shape index (κ1) is 11.4. The molecule has 3 N–H and O–H groups in total. The lowest BCUT2D eigenvalue weighted by Crippen LogP contribution is -2.26. The molecule has 1 heterocycles. The number of rotatable bonds is 1. The standard InChI is InChI=1S/C11H13N3S2/c1-7-3-2-4-8-9(13-14-11(12)15)5-6-16-10(7)8/h2-4H,5-6H2,1H3,(H3,12,14,15). The van der Waals surface area contributed by atoms with Crippen molar-refractivity contribution in [2.75, 3.05) is 5.75 Å². The van der Waals surface area contributed by atoms with E-state index in [2.05, 4.69) is 35.7 Å². The first-order valence-electron chi connectivity index (χ1n) is 5.03. The maximum absolute atomic E-state index is 5.37. The average molecular weight is 251 g/mol. The molecule has 2 rings (SSSR count). The molecule has 84 valence electrons. The number of hydrazone groups is 1. The minimum atomic E-state index is 0.208. The molecule has 0 saturated heterocycles. The number of nitrogens with zero attached hydrogens (tertiary/aromatic N) is 1. The SMILES string of the molecule is Cc1cccc2c1SCCC2=NNC(N)=S. The van der Waals surface area contributed by atoms with Crippen molar-refractivity contribution < 1.29 is 0 Å².